The number of hydrogen-bond donors (Lipinski definition) is 2. The van der Waals surface area contributed by atoms with Crippen molar-refractivity contribution in [3.8, 4) is 0 Å². The molecule has 4 heteroatoms. The van der Waals surface area contributed by atoms with Crippen LogP contribution in [0.5, 0.6) is 0 Å². The van der Waals surface area contributed by atoms with Crippen LogP contribution in [-0.2, 0) is 0 Å². The molecule has 1 saturated carbocycles. The summed E-state index contributed by atoms with van der Waals surface area (Å²) in [4.78, 5) is 11.7. The smallest absolute Gasteiger partial charge is 0.254 e. The number of aryl methyl sites for hydroxylation is 1. The third-order valence-electron chi connectivity index (χ3n) is 3.02. The third kappa shape index (κ3) is 2.04. The van der Waals surface area contributed by atoms with Crippen molar-refractivity contribution in [2.24, 2.45) is 5.41 Å². The summed E-state index contributed by atoms with van der Waals surface area (Å²) in [7, 11) is 0. The summed E-state index contributed by atoms with van der Waals surface area (Å²) < 4.78 is 5.05. The molecule has 0 saturated heterocycles. The van der Waals surface area contributed by atoms with E-state index in [1.165, 1.54) is 6.26 Å². The van der Waals surface area contributed by atoms with Gasteiger partial charge in [-0.3, -0.25) is 4.79 Å². The molecule has 0 aliphatic heterocycles. The van der Waals surface area contributed by atoms with Gasteiger partial charge < -0.3 is 14.8 Å². The second-order valence-electron chi connectivity index (χ2n) is 4.23. The van der Waals surface area contributed by atoms with Crippen molar-refractivity contribution >= 4 is 5.91 Å². The molecule has 4 nitrogen and oxygen atoms in total. The molecule has 1 aromatic heterocycles. The van der Waals surface area contributed by atoms with Crippen molar-refractivity contribution in [3.63, 3.8) is 0 Å². The van der Waals surface area contributed by atoms with Gasteiger partial charge in [-0.1, -0.05) is 0 Å². The summed E-state index contributed by atoms with van der Waals surface area (Å²) in [5.74, 6) is 0.502. The Bertz CT molecular complexity index is 366. The van der Waals surface area contributed by atoms with E-state index in [2.05, 4.69) is 5.32 Å². The standard InChI is InChI=1S/C11H15NO3/c1-8-9(2-5-15-8)10(14)12-6-11(7-13)3-4-11/h2,5,13H,3-4,6-7H2,1H3,(H,12,14). The van der Waals surface area contributed by atoms with Gasteiger partial charge in [0.25, 0.3) is 5.91 Å². The lowest BCUT2D eigenvalue weighted by Gasteiger charge is -2.12. The molecule has 0 radical (unpaired) electrons. The van der Waals surface area contributed by atoms with Gasteiger partial charge in [-0.15, -0.1) is 0 Å². The molecule has 2 N–H and O–H groups in total. The number of amides is 1. The fourth-order valence-corrected chi connectivity index (χ4v) is 1.55. The SMILES string of the molecule is Cc1occc1C(=O)NCC1(CO)CC1. The van der Waals surface area contributed by atoms with Crippen LogP contribution in [0.25, 0.3) is 0 Å². The first-order valence-electron chi connectivity index (χ1n) is 5.10. The van der Waals surface area contributed by atoms with Crippen LogP contribution < -0.4 is 5.32 Å². The summed E-state index contributed by atoms with van der Waals surface area (Å²) in [6.07, 6.45) is 3.49. The maximum Gasteiger partial charge on any atom is 0.254 e. The monoisotopic (exact) mass is 209 g/mol. The van der Waals surface area contributed by atoms with E-state index in [1.54, 1.807) is 13.0 Å². The molecular weight excluding hydrogens is 194 g/mol. The van der Waals surface area contributed by atoms with Gasteiger partial charge in [-0.25, -0.2) is 0 Å². The summed E-state index contributed by atoms with van der Waals surface area (Å²) in [6, 6.07) is 1.66. The van der Waals surface area contributed by atoms with E-state index in [1.807, 2.05) is 0 Å². The number of carbonyl (C=O) groups excluding carboxylic acids is 1. The Kier molecular flexibility index (Phi) is 2.52. The van der Waals surface area contributed by atoms with Gasteiger partial charge in [0.05, 0.1) is 18.4 Å². The van der Waals surface area contributed by atoms with Crippen LogP contribution >= 0.6 is 0 Å². The number of nitrogens with one attached hydrogen (secondary N) is 1. The fourth-order valence-electron chi connectivity index (χ4n) is 1.55. The molecule has 0 aromatic carbocycles. The first kappa shape index (κ1) is 10.2. The van der Waals surface area contributed by atoms with Crippen molar-refractivity contribution in [2.75, 3.05) is 13.2 Å². The Morgan fingerprint density at radius 1 is 1.67 bits per heavy atom. The Morgan fingerprint density at radius 2 is 2.40 bits per heavy atom. The van der Waals surface area contributed by atoms with E-state index in [9.17, 15) is 4.79 Å². The lowest BCUT2D eigenvalue weighted by atomic mass is 10.1. The molecule has 1 aromatic rings. The number of furan rings is 1. The Morgan fingerprint density at radius 3 is 2.87 bits per heavy atom. The average Bonchev–Trinajstić information content (AvgIpc) is 2.91. The first-order chi connectivity index (χ1) is 7.17. The normalized spacial score (nSPS) is 17.5. The molecule has 1 fully saturated rings. The maximum absolute atomic E-state index is 11.7. The lowest BCUT2D eigenvalue weighted by molar-refractivity contribution is 0.0933. The summed E-state index contributed by atoms with van der Waals surface area (Å²) >= 11 is 0. The Labute approximate surface area is 88.3 Å². The zero-order valence-electron chi connectivity index (χ0n) is 8.75. The van der Waals surface area contributed by atoms with Gasteiger partial charge in [0.15, 0.2) is 0 Å². The van der Waals surface area contributed by atoms with Crippen molar-refractivity contribution in [3.05, 3.63) is 23.7 Å². The van der Waals surface area contributed by atoms with Crippen LogP contribution in [0.4, 0.5) is 0 Å². The van der Waals surface area contributed by atoms with Crippen LogP contribution in [0.3, 0.4) is 0 Å². The van der Waals surface area contributed by atoms with Crippen LogP contribution in [0.15, 0.2) is 16.7 Å². The highest BCUT2D eigenvalue weighted by molar-refractivity contribution is 5.95. The van der Waals surface area contributed by atoms with Gasteiger partial charge >= 0.3 is 0 Å². The summed E-state index contributed by atoms with van der Waals surface area (Å²) in [6.45, 7) is 2.46. The molecule has 1 heterocycles. The van der Waals surface area contributed by atoms with Crippen molar-refractivity contribution in [1.29, 1.82) is 0 Å². The van der Waals surface area contributed by atoms with Gasteiger partial charge in [0.2, 0.25) is 0 Å². The third-order valence-corrected chi connectivity index (χ3v) is 3.02. The zero-order chi connectivity index (χ0) is 10.9. The number of aliphatic hydroxyl groups is 1. The van der Waals surface area contributed by atoms with Gasteiger partial charge in [0.1, 0.15) is 5.76 Å². The van der Waals surface area contributed by atoms with E-state index >= 15 is 0 Å². The van der Waals surface area contributed by atoms with E-state index in [-0.39, 0.29) is 17.9 Å². The molecule has 2 rings (SSSR count). The Hall–Kier alpha value is -1.29. The second-order valence-corrected chi connectivity index (χ2v) is 4.23. The first-order valence-corrected chi connectivity index (χ1v) is 5.10. The van der Waals surface area contributed by atoms with E-state index in [0.29, 0.717) is 17.9 Å². The quantitative estimate of drug-likeness (QED) is 0.780. The van der Waals surface area contributed by atoms with Crippen molar-refractivity contribution in [2.45, 2.75) is 19.8 Å². The van der Waals surface area contributed by atoms with Crippen molar-refractivity contribution in [1.82, 2.24) is 5.32 Å². The molecule has 1 amide bonds. The van der Waals surface area contributed by atoms with Crippen LogP contribution in [0.2, 0.25) is 0 Å². The molecule has 0 atom stereocenters. The minimum atomic E-state index is -0.124. The van der Waals surface area contributed by atoms with Crippen molar-refractivity contribution < 1.29 is 14.3 Å². The predicted molar refractivity (Wildman–Crippen MR) is 54.5 cm³/mol. The summed E-state index contributed by atoms with van der Waals surface area (Å²) in [5, 5.41) is 11.9. The molecule has 15 heavy (non-hydrogen) atoms. The van der Waals surface area contributed by atoms with Crippen LogP contribution in [0, 0.1) is 12.3 Å². The maximum atomic E-state index is 11.7. The van der Waals surface area contributed by atoms with Gasteiger partial charge in [0, 0.05) is 12.0 Å². The predicted octanol–water partition coefficient (Wildman–Crippen LogP) is 1.09. The van der Waals surface area contributed by atoms with E-state index in [4.69, 9.17) is 9.52 Å². The van der Waals surface area contributed by atoms with Crippen LogP contribution in [0.1, 0.15) is 29.0 Å². The number of carbonyl (C=O) groups is 1. The minimum Gasteiger partial charge on any atom is -0.469 e. The number of hydrogen-bond acceptors (Lipinski definition) is 3. The molecule has 1 aliphatic carbocycles. The molecule has 0 spiro atoms. The highest BCUT2D eigenvalue weighted by atomic mass is 16.3. The summed E-state index contributed by atoms with van der Waals surface area (Å²) in [5.41, 5.74) is 0.525. The number of rotatable bonds is 4. The van der Waals surface area contributed by atoms with Crippen LogP contribution in [-0.4, -0.2) is 24.2 Å². The van der Waals surface area contributed by atoms with E-state index < -0.39 is 0 Å². The lowest BCUT2D eigenvalue weighted by Crippen LogP contribution is -2.31. The largest absolute Gasteiger partial charge is 0.469 e. The highest BCUT2D eigenvalue weighted by Crippen LogP contribution is 2.44. The fraction of sp³-hybridized carbons (Fsp3) is 0.545. The minimum absolute atomic E-state index is 0.0483. The van der Waals surface area contributed by atoms with Gasteiger partial charge in [-0.05, 0) is 25.8 Å². The number of aliphatic hydroxyl groups excluding tert-OH is 1. The molecule has 0 bridgehead atoms. The highest BCUT2D eigenvalue weighted by Gasteiger charge is 2.42. The molecule has 82 valence electrons. The topological polar surface area (TPSA) is 62.5 Å². The van der Waals surface area contributed by atoms with E-state index in [0.717, 1.165) is 12.8 Å². The van der Waals surface area contributed by atoms with Gasteiger partial charge in [-0.2, -0.15) is 0 Å². The molecule has 0 unspecified atom stereocenters. The molecular formula is C11H15NO3. The Balaban J connectivity index is 1.91. The second kappa shape index (κ2) is 3.70. The average molecular weight is 209 g/mol. The zero-order valence-corrected chi connectivity index (χ0v) is 8.75. The molecule has 1 aliphatic rings.